The standard InChI is InChI=1S/C17H19N/c1-14(6-5-13-18)15-9-11-17(12-10-15)16-7-3-2-4-8-16/h2-4,6-12H,5,13,18H2,1H3. The van der Waals surface area contributed by atoms with Crippen LogP contribution in [-0.4, -0.2) is 6.54 Å². The topological polar surface area (TPSA) is 26.0 Å². The van der Waals surface area contributed by atoms with Gasteiger partial charge in [-0.05, 0) is 42.2 Å². The van der Waals surface area contributed by atoms with Crippen molar-refractivity contribution in [1.82, 2.24) is 0 Å². The predicted octanol–water partition coefficient (Wildman–Crippen LogP) is 4.11. The Bertz CT molecular complexity index is 509. The molecule has 0 saturated carbocycles. The van der Waals surface area contributed by atoms with Crippen molar-refractivity contribution >= 4 is 5.57 Å². The van der Waals surface area contributed by atoms with E-state index in [2.05, 4.69) is 61.5 Å². The van der Waals surface area contributed by atoms with Crippen molar-refractivity contribution in [2.75, 3.05) is 6.54 Å². The number of hydrogen-bond acceptors (Lipinski definition) is 1. The van der Waals surface area contributed by atoms with Gasteiger partial charge in [0.15, 0.2) is 0 Å². The van der Waals surface area contributed by atoms with Crippen LogP contribution in [-0.2, 0) is 0 Å². The van der Waals surface area contributed by atoms with Crippen molar-refractivity contribution in [3.8, 4) is 11.1 Å². The molecule has 92 valence electrons. The Hall–Kier alpha value is -1.86. The normalized spacial score (nSPS) is 11.6. The number of benzene rings is 2. The van der Waals surface area contributed by atoms with E-state index in [1.54, 1.807) is 0 Å². The molecule has 18 heavy (non-hydrogen) atoms. The average molecular weight is 237 g/mol. The molecule has 0 heterocycles. The first-order valence-electron chi connectivity index (χ1n) is 6.34. The van der Waals surface area contributed by atoms with Crippen molar-refractivity contribution in [3.05, 3.63) is 66.2 Å². The first-order chi connectivity index (χ1) is 8.81. The van der Waals surface area contributed by atoms with Crippen molar-refractivity contribution in [1.29, 1.82) is 0 Å². The summed E-state index contributed by atoms with van der Waals surface area (Å²) in [7, 11) is 0. The molecule has 1 heteroatoms. The smallest absolute Gasteiger partial charge is 0.00424 e. The second kappa shape index (κ2) is 6.18. The maximum Gasteiger partial charge on any atom is -0.00424 e. The van der Waals surface area contributed by atoms with Gasteiger partial charge in [-0.3, -0.25) is 0 Å². The first kappa shape index (κ1) is 12.6. The molecule has 1 nitrogen and oxygen atoms in total. The van der Waals surface area contributed by atoms with Crippen LogP contribution in [0, 0.1) is 0 Å². The van der Waals surface area contributed by atoms with Crippen LogP contribution >= 0.6 is 0 Å². The molecule has 0 amide bonds. The van der Waals surface area contributed by atoms with Crippen LogP contribution in [0.3, 0.4) is 0 Å². The van der Waals surface area contributed by atoms with Crippen LogP contribution in [0.25, 0.3) is 16.7 Å². The van der Waals surface area contributed by atoms with E-state index < -0.39 is 0 Å². The fraction of sp³-hybridized carbons (Fsp3) is 0.176. The van der Waals surface area contributed by atoms with Gasteiger partial charge in [0.25, 0.3) is 0 Å². The van der Waals surface area contributed by atoms with Crippen LogP contribution < -0.4 is 5.73 Å². The SMILES string of the molecule is CC(=CCCN)c1ccc(-c2ccccc2)cc1. The summed E-state index contributed by atoms with van der Waals surface area (Å²) in [6.07, 6.45) is 3.13. The summed E-state index contributed by atoms with van der Waals surface area (Å²) in [6.45, 7) is 2.84. The van der Waals surface area contributed by atoms with Crippen molar-refractivity contribution in [3.63, 3.8) is 0 Å². The monoisotopic (exact) mass is 237 g/mol. The van der Waals surface area contributed by atoms with Crippen molar-refractivity contribution in [2.45, 2.75) is 13.3 Å². The number of rotatable bonds is 4. The molecular weight excluding hydrogens is 218 g/mol. The minimum atomic E-state index is 0.708. The number of nitrogens with two attached hydrogens (primary N) is 1. The average Bonchev–Trinajstić information content (AvgIpc) is 2.46. The van der Waals surface area contributed by atoms with Gasteiger partial charge >= 0.3 is 0 Å². The predicted molar refractivity (Wildman–Crippen MR) is 79.2 cm³/mol. The molecule has 0 aliphatic heterocycles. The fourth-order valence-corrected chi connectivity index (χ4v) is 1.97. The molecule has 0 radical (unpaired) electrons. The first-order valence-corrected chi connectivity index (χ1v) is 6.34. The summed E-state index contributed by atoms with van der Waals surface area (Å²) in [4.78, 5) is 0. The Labute approximate surface area is 109 Å². The Kier molecular flexibility index (Phi) is 4.32. The quantitative estimate of drug-likeness (QED) is 0.851. The van der Waals surface area contributed by atoms with Gasteiger partial charge < -0.3 is 5.73 Å². The van der Waals surface area contributed by atoms with Gasteiger partial charge in [0.2, 0.25) is 0 Å². The molecule has 0 spiro atoms. The Morgan fingerprint density at radius 3 is 2.17 bits per heavy atom. The molecule has 2 rings (SSSR count). The van der Waals surface area contributed by atoms with Crippen molar-refractivity contribution in [2.24, 2.45) is 5.73 Å². The molecule has 0 aliphatic rings. The summed E-state index contributed by atoms with van der Waals surface area (Å²) in [6, 6.07) is 19.1. The van der Waals surface area contributed by atoms with E-state index in [4.69, 9.17) is 5.73 Å². The van der Waals surface area contributed by atoms with E-state index in [9.17, 15) is 0 Å². The van der Waals surface area contributed by atoms with E-state index in [1.807, 2.05) is 6.07 Å². The zero-order chi connectivity index (χ0) is 12.8. The molecule has 2 N–H and O–H groups in total. The van der Waals surface area contributed by atoms with Crippen LogP contribution in [0.4, 0.5) is 0 Å². The van der Waals surface area contributed by atoms with Crippen LogP contribution in [0.15, 0.2) is 60.7 Å². The lowest BCUT2D eigenvalue weighted by Crippen LogP contribution is -1.95. The van der Waals surface area contributed by atoms with Gasteiger partial charge in [0.1, 0.15) is 0 Å². The molecule has 0 bridgehead atoms. The van der Waals surface area contributed by atoms with Crippen LogP contribution in [0.5, 0.6) is 0 Å². The molecule has 0 atom stereocenters. The van der Waals surface area contributed by atoms with E-state index in [0.29, 0.717) is 6.54 Å². The lowest BCUT2D eigenvalue weighted by atomic mass is 10.0. The molecule has 0 saturated heterocycles. The summed E-state index contributed by atoms with van der Waals surface area (Å²) in [5.41, 5.74) is 10.6. The summed E-state index contributed by atoms with van der Waals surface area (Å²) in [5, 5.41) is 0. The number of allylic oxidation sites excluding steroid dienone is 1. The lowest BCUT2D eigenvalue weighted by molar-refractivity contribution is 1.01. The second-order valence-electron chi connectivity index (χ2n) is 4.41. The lowest BCUT2D eigenvalue weighted by Gasteiger charge is -2.05. The van der Waals surface area contributed by atoms with E-state index in [1.165, 1.54) is 22.3 Å². The largest absolute Gasteiger partial charge is 0.330 e. The fourth-order valence-electron chi connectivity index (χ4n) is 1.97. The van der Waals surface area contributed by atoms with E-state index >= 15 is 0 Å². The van der Waals surface area contributed by atoms with Crippen LogP contribution in [0.2, 0.25) is 0 Å². The maximum atomic E-state index is 5.51. The van der Waals surface area contributed by atoms with Gasteiger partial charge in [-0.25, -0.2) is 0 Å². The summed E-state index contributed by atoms with van der Waals surface area (Å²) < 4.78 is 0. The molecule has 0 fully saturated rings. The zero-order valence-corrected chi connectivity index (χ0v) is 10.8. The summed E-state index contributed by atoms with van der Waals surface area (Å²) in [5.74, 6) is 0. The third-order valence-corrected chi connectivity index (χ3v) is 3.06. The number of hydrogen-bond donors (Lipinski definition) is 1. The van der Waals surface area contributed by atoms with E-state index in [0.717, 1.165) is 6.42 Å². The molecule has 0 aromatic heterocycles. The van der Waals surface area contributed by atoms with Gasteiger partial charge in [0.05, 0.1) is 0 Å². The Balaban J connectivity index is 2.20. The van der Waals surface area contributed by atoms with Gasteiger partial charge in [-0.1, -0.05) is 60.7 Å². The molecule has 2 aromatic rings. The van der Waals surface area contributed by atoms with Gasteiger partial charge in [0, 0.05) is 0 Å². The zero-order valence-electron chi connectivity index (χ0n) is 10.8. The molecular formula is C17H19N. The van der Waals surface area contributed by atoms with Gasteiger partial charge in [-0.15, -0.1) is 0 Å². The second-order valence-corrected chi connectivity index (χ2v) is 4.41. The molecule has 0 aliphatic carbocycles. The minimum absolute atomic E-state index is 0.708. The minimum Gasteiger partial charge on any atom is -0.330 e. The highest BCUT2D eigenvalue weighted by Gasteiger charge is 1.98. The highest BCUT2D eigenvalue weighted by atomic mass is 14.5. The molecule has 2 aromatic carbocycles. The van der Waals surface area contributed by atoms with Gasteiger partial charge in [-0.2, -0.15) is 0 Å². The van der Waals surface area contributed by atoms with E-state index in [-0.39, 0.29) is 0 Å². The van der Waals surface area contributed by atoms with Crippen LogP contribution in [0.1, 0.15) is 18.9 Å². The third-order valence-electron chi connectivity index (χ3n) is 3.06. The summed E-state index contributed by atoms with van der Waals surface area (Å²) >= 11 is 0. The Morgan fingerprint density at radius 1 is 0.944 bits per heavy atom. The third kappa shape index (κ3) is 3.08. The molecule has 0 unspecified atom stereocenters. The highest BCUT2D eigenvalue weighted by molar-refractivity contribution is 5.69. The Morgan fingerprint density at radius 2 is 1.56 bits per heavy atom. The maximum absolute atomic E-state index is 5.51. The highest BCUT2D eigenvalue weighted by Crippen LogP contribution is 2.22. The van der Waals surface area contributed by atoms with Crippen molar-refractivity contribution < 1.29 is 0 Å².